The number of nitrogens with one attached hydrogen (secondary N) is 1. The van der Waals surface area contributed by atoms with Crippen molar-refractivity contribution in [3.8, 4) is 5.75 Å². The van der Waals surface area contributed by atoms with E-state index in [1.165, 1.54) is 18.4 Å². The van der Waals surface area contributed by atoms with Crippen LogP contribution in [0.15, 0.2) is 22.7 Å². The molecule has 1 unspecified atom stereocenters. The van der Waals surface area contributed by atoms with Gasteiger partial charge in [0.1, 0.15) is 5.75 Å². The van der Waals surface area contributed by atoms with Crippen LogP contribution in [0.1, 0.15) is 24.4 Å². The topological polar surface area (TPSA) is 21.3 Å². The highest BCUT2D eigenvalue weighted by Gasteiger charge is 2.16. The molecule has 1 heterocycles. The van der Waals surface area contributed by atoms with Crippen molar-refractivity contribution in [2.24, 2.45) is 0 Å². The Kier molecular flexibility index (Phi) is 3.08. The Hall–Kier alpha value is -0.540. The van der Waals surface area contributed by atoms with Gasteiger partial charge in [0.25, 0.3) is 0 Å². The molecule has 1 saturated heterocycles. The lowest BCUT2D eigenvalue weighted by Gasteiger charge is -2.12. The highest BCUT2D eigenvalue weighted by molar-refractivity contribution is 9.10. The minimum Gasteiger partial charge on any atom is -0.496 e. The molecule has 14 heavy (non-hydrogen) atoms. The Balaban J connectivity index is 2.25. The van der Waals surface area contributed by atoms with Crippen LogP contribution in [-0.2, 0) is 0 Å². The normalized spacial score (nSPS) is 21.1. The van der Waals surface area contributed by atoms with Crippen molar-refractivity contribution in [3.05, 3.63) is 28.2 Å². The van der Waals surface area contributed by atoms with Crippen LogP contribution in [0.2, 0.25) is 0 Å². The maximum Gasteiger partial charge on any atom is 0.133 e. The Labute approximate surface area is 92.8 Å². The Morgan fingerprint density at radius 2 is 2.36 bits per heavy atom. The van der Waals surface area contributed by atoms with Crippen molar-refractivity contribution in [2.45, 2.75) is 18.9 Å². The summed E-state index contributed by atoms with van der Waals surface area (Å²) in [6, 6.07) is 6.81. The molecule has 1 aliphatic rings. The summed E-state index contributed by atoms with van der Waals surface area (Å²) in [6.07, 6.45) is 2.49. The van der Waals surface area contributed by atoms with Gasteiger partial charge in [-0.05, 0) is 53.0 Å². The number of hydrogen-bond donors (Lipinski definition) is 1. The molecular weight excluding hydrogens is 242 g/mol. The van der Waals surface area contributed by atoms with E-state index in [2.05, 4.69) is 33.4 Å². The molecule has 0 aromatic heterocycles. The Bertz CT molecular complexity index is 321. The Morgan fingerprint density at radius 1 is 1.50 bits per heavy atom. The van der Waals surface area contributed by atoms with E-state index >= 15 is 0 Å². The summed E-state index contributed by atoms with van der Waals surface area (Å²) in [5, 5.41) is 3.47. The molecule has 1 aromatic carbocycles. The fraction of sp³-hybridized carbons (Fsp3) is 0.455. The van der Waals surface area contributed by atoms with E-state index in [0.717, 1.165) is 16.8 Å². The van der Waals surface area contributed by atoms with Gasteiger partial charge >= 0.3 is 0 Å². The zero-order valence-electron chi connectivity index (χ0n) is 8.22. The molecule has 1 N–H and O–H groups in total. The van der Waals surface area contributed by atoms with Crippen molar-refractivity contribution in [1.29, 1.82) is 0 Å². The molecule has 1 aliphatic heterocycles. The number of ether oxygens (including phenoxy) is 1. The van der Waals surface area contributed by atoms with E-state index in [4.69, 9.17) is 4.74 Å². The summed E-state index contributed by atoms with van der Waals surface area (Å²) in [5.41, 5.74) is 1.32. The van der Waals surface area contributed by atoms with Crippen molar-refractivity contribution in [3.63, 3.8) is 0 Å². The van der Waals surface area contributed by atoms with Crippen LogP contribution in [0, 0.1) is 0 Å². The number of benzene rings is 1. The number of methoxy groups -OCH3 is 1. The molecule has 0 bridgehead atoms. The van der Waals surface area contributed by atoms with Gasteiger partial charge in [0, 0.05) is 6.04 Å². The first kappa shape index (κ1) is 9.99. The minimum atomic E-state index is 0.511. The summed E-state index contributed by atoms with van der Waals surface area (Å²) < 4.78 is 6.29. The van der Waals surface area contributed by atoms with Crippen LogP contribution in [0.4, 0.5) is 0 Å². The number of hydrogen-bond acceptors (Lipinski definition) is 2. The highest BCUT2D eigenvalue weighted by atomic mass is 79.9. The quantitative estimate of drug-likeness (QED) is 0.878. The molecule has 0 saturated carbocycles. The maximum atomic E-state index is 5.27. The number of rotatable bonds is 2. The molecule has 0 amide bonds. The molecule has 1 atom stereocenters. The molecular formula is C11H14BrNO. The average molecular weight is 256 g/mol. The van der Waals surface area contributed by atoms with Crippen LogP contribution < -0.4 is 10.1 Å². The molecule has 0 radical (unpaired) electrons. The van der Waals surface area contributed by atoms with Crippen LogP contribution in [0.5, 0.6) is 5.75 Å². The van der Waals surface area contributed by atoms with Gasteiger partial charge in [-0.1, -0.05) is 6.07 Å². The van der Waals surface area contributed by atoms with Gasteiger partial charge in [0.2, 0.25) is 0 Å². The largest absolute Gasteiger partial charge is 0.496 e. The fourth-order valence-corrected chi connectivity index (χ4v) is 2.27. The van der Waals surface area contributed by atoms with Gasteiger partial charge in [0.05, 0.1) is 11.6 Å². The summed E-state index contributed by atoms with van der Waals surface area (Å²) >= 11 is 3.45. The smallest absolute Gasteiger partial charge is 0.133 e. The van der Waals surface area contributed by atoms with Gasteiger partial charge in [-0.15, -0.1) is 0 Å². The molecule has 0 spiro atoms. The summed E-state index contributed by atoms with van der Waals surface area (Å²) in [4.78, 5) is 0. The standard InChI is InChI=1S/C11H14BrNO/c1-14-11-7-8(4-5-9(11)12)10-3-2-6-13-10/h4-5,7,10,13H,2-3,6H2,1H3. The van der Waals surface area contributed by atoms with Crippen molar-refractivity contribution in [1.82, 2.24) is 5.32 Å². The monoisotopic (exact) mass is 255 g/mol. The van der Waals surface area contributed by atoms with Crippen LogP contribution in [0.3, 0.4) is 0 Å². The predicted octanol–water partition coefficient (Wildman–Crippen LogP) is 2.88. The predicted molar refractivity (Wildman–Crippen MR) is 60.7 cm³/mol. The van der Waals surface area contributed by atoms with Gasteiger partial charge in [-0.25, -0.2) is 0 Å². The van der Waals surface area contributed by atoms with Gasteiger partial charge in [0.15, 0.2) is 0 Å². The van der Waals surface area contributed by atoms with Crippen molar-refractivity contribution >= 4 is 15.9 Å². The maximum absolute atomic E-state index is 5.27. The lowest BCUT2D eigenvalue weighted by atomic mass is 10.1. The SMILES string of the molecule is COc1cc(C2CCCN2)ccc1Br. The molecule has 2 rings (SSSR count). The third kappa shape index (κ3) is 1.93. The zero-order valence-corrected chi connectivity index (χ0v) is 9.80. The van der Waals surface area contributed by atoms with Crippen LogP contribution >= 0.6 is 15.9 Å². The Morgan fingerprint density at radius 3 is 3.00 bits per heavy atom. The zero-order chi connectivity index (χ0) is 9.97. The van der Waals surface area contributed by atoms with Gasteiger partial charge < -0.3 is 10.1 Å². The summed E-state index contributed by atoms with van der Waals surface area (Å²) in [6.45, 7) is 1.13. The molecule has 2 nitrogen and oxygen atoms in total. The van der Waals surface area contributed by atoms with E-state index in [1.807, 2.05) is 6.07 Å². The number of halogens is 1. The molecule has 3 heteroatoms. The lowest BCUT2D eigenvalue weighted by Crippen LogP contribution is -2.12. The van der Waals surface area contributed by atoms with E-state index < -0.39 is 0 Å². The van der Waals surface area contributed by atoms with E-state index in [9.17, 15) is 0 Å². The first-order valence-corrected chi connectivity index (χ1v) is 5.67. The highest BCUT2D eigenvalue weighted by Crippen LogP contribution is 2.30. The summed E-state index contributed by atoms with van der Waals surface area (Å²) in [7, 11) is 1.70. The second-order valence-corrected chi connectivity index (χ2v) is 4.40. The van der Waals surface area contributed by atoms with E-state index in [1.54, 1.807) is 7.11 Å². The third-order valence-electron chi connectivity index (χ3n) is 2.64. The van der Waals surface area contributed by atoms with Crippen LogP contribution in [-0.4, -0.2) is 13.7 Å². The minimum absolute atomic E-state index is 0.511. The second-order valence-electron chi connectivity index (χ2n) is 3.54. The first-order valence-electron chi connectivity index (χ1n) is 4.88. The average Bonchev–Trinajstić information content (AvgIpc) is 2.71. The van der Waals surface area contributed by atoms with Crippen molar-refractivity contribution < 1.29 is 4.74 Å². The summed E-state index contributed by atoms with van der Waals surface area (Å²) in [5.74, 6) is 0.913. The van der Waals surface area contributed by atoms with Crippen molar-refractivity contribution in [2.75, 3.05) is 13.7 Å². The molecule has 76 valence electrons. The van der Waals surface area contributed by atoms with E-state index in [-0.39, 0.29) is 0 Å². The molecule has 0 aliphatic carbocycles. The van der Waals surface area contributed by atoms with Gasteiger partial charge in [-0.2, -0.15) is 0 Å². The fourth-order valence-electron chi connectivity index (χ4n) is 1.86. The van der Waals surface area contributed by atoms with Crippen LogP contribution in [0.25, 0.3) is 0 Å². The van der Waals surface area contributed by atoms with Gasteiger partial charge in [-0.3, -0.25) is 0 Å². The molecule has 1 fully saturated rings. The molecule has 1 aromatic rings. The lowest BCUT2D eigenvalue weighted by molar-refractivity contribution is 0.411. The van der Waals surface area contributed by atoms with E-state index in [0.29, 0.717) is 6.04 Å². The third-order valence-corrected chi connectivity index (χ3v) is 3.29. The second kappa shape index (κ2) is 4.32. The first-order chi connectivity index (χ1) is 6.81.